The number of amides is 3. The first-order valence-electron chi connectivity index (χ1n) is 14.7. The Kier molecular flexibility index (Phi) is 6.61. The van der Waals surface area contributed by atoms with Gasteiger partial charge in [0, 0.05) is 49.5 Å². The molecule has 3 amide bonds. The molecule has 3 aromatic rings. The highest BCUT2D eigenvalue weighted by Crippen LogP contribution is 2.40. The average Bonchev–Trinajstić information content (AvgIpc) is 3.82. The highest BCUT2D eigenvalue weighted by molar-refractivity contribution is 5.98. The molecule has 4 fully saturated rings. The van der Waals surface area contributed by atoms with Gasteiger partial charge < -0.3 is 19.6 Å². The fourth-order valence-electron chi connectivity index (χ4n) is 7.17. The predicted molar refractivity (Wildman–Crippen MR) is 153 cm³/mol. The number of piperidine rings is 1. The van der Waals surface area contributed by atoms with Gasteiger partial charge in [-0.1, -0.05) is 18.2 Å². The van der Waals surface area contributed by atoms with E-state index in [4.69, 9.17) is 0 Å². The number of fused-ring (bicyclic) bond motifs is 1. The summed E-state index contributed by atoms with van der Waals surface area (Å²) in [6, 6.07) is 12.2. The molecule has 7 rings (SSSR count). The predicted octanol–water partition coefficient (Wildman–Crippen LogP) is 1.94. The number of nitrogens with one attached hydrogen (secondary N) is 1. The molecule has 1 aromatic carbocycles. The zero-order valence-electron chi connectivity index (χ0n) is 23.2. The first-order chi connectivity index (χ1) is 20.0. The van der Waals surface area contributed by atoms with Crippen LogP contribution in [0.5, 0.6) is 0 Å². The van der Waals surface area contributed by atoms with Crippen LogP contribution in [-0.4, -0.2) is 117 Å². The van der Waals surface area contributed by atoms with Gasteiger partial charge in [-0.3, -0.25) is 24.4 Å². The number of benzene rings is 1. The molecule has 4 saturated heterocycles. The van der Waals surface area contributed by atoms with Crippen LogP contribution in [0, 0.1) is 0 Å². The second-order valence-electron chi connectivity index (χ2n) is 11.8. The van der Waals surface area contributed by atoms with Crippen LogP contribution in [0.1, 0.15) is 42.5 Å². The van der Waals surface area contributed by atoms with Crippen molar-refractivity contribution >= 4 is 34.4 Å². The van der Waals surface area contributed by atoms with Crippen molar-refractivity contribution in [2.24, 2.45) is 0 Å². The number of aromatic nitrogens is 3. The van der Waals surface area contributed by atoms with Crippen LogP contribution in [0.25, 0.3) is 11.0 Å². The van der Waals surface area contributed by atoms with Gasteiger partial charge in [-0.15, -0.1) is 0 Å². The number of carbonyl (C=O) groups excluding carboxylic acids is 3. The molecule has 0 bridgehead atoms. The third kappa shape index (κ3) is 4.61. The van der Waals surface area contributed by atoms with E-state index in [9.17, 15) is 14.4 Å². The van der Waals surface area contributed by atoms with E-state index in [2.05, 4.69) is 25.0 Å². The lowest BCUT2D eigenvalue weighted by Crippen LogP contribution is -2.57. The van der Waals surface area contributed by atoms with E-state index < -0.39 is 5.54 Å². The van der Waals surface area contributed by atoms with Gasteiger partial charge in [-0.25, -0.2) is 4.98 Å². The molecule has 4 aliphatic heterocycles. The smallest absolute Gasteiger partial charge is 0.255 e. The molecule has 41 heavy (non-hydrogen) atoms. The fourth-order valence-corrected chi connectivity index (χ4v) is 7.17. The minimum absolute atomic E-state index is 0.0152. The van der Waals surface area contributed by atoms with E-state index in [0.717, 1.165) is 43.7 Å². The Morgan fingerprint density at radius 3 is 2.54 bits per heavy atom. The Morgan fingerprint density at radius 1 is 0.976 bits per heavy atom. The van der Waals surface area contributed by atoms with Crippen LogP contribution >= 0.6 is 0 Å². The maximum absolute atomic E-state index is 14.1. The van der Waals surface area contributed by atoms with E-state index in [1.807, 2.05) is 35.2 Å². The summed E-state index contributed by atoms with van der Waals surface area (Å²) < 4.78 is 0. The summed E-state index contributed by atoms with van der Waals surface area (Å²) in [7, 11) is 0. The summed E-state index contributed by atoms with van der Waals surface area (Å²) in [5, 5.41) is 7.59. The van der Waals surface area contributed by atoms with Crippen molar-refractivity contribution in [1.29, 1.82) is 0 Å². The first-order valence-corrected chi connectivity index (χ1v) is 14.7. The van der Waals surface area contributed by atoms with Crippen LogP contribution in [0.3, 0.4) is 0 Å². The number of aromatic amines is 1. The number of hydrogen-bond donors (Lipinski definition) is 1. The normalized spacial score (nSPS) is 22.9. The Morgan fingerprint density at radius 2 is 1.76 bits per heavy atom. The van der Waals surface area contributed by atoms with Crippen molar-refractivity contribution in [3.8, 4) is 0 Å². The average molecular weight is 557 g/mol. The molecule has 1 N–H and O–H groups in total. The Balaban J connectivity index is 1.06. The highest BCUT2D eigenvalue weighted by Gasteiger charge is 2.54. The monoisotopic (exact) mass is 556 g/mol. The number of carbonyl (C=O) groups is 3. The molecule has 0 aliphatic carbocycles. The summed E-state index contributed by atoms with van der Waals surface area (Å²) in [5.74, 6) is -0.0841. The number of likely N-dealkylation sites (tertiary alicyclic amines) is 3. The van der Waals surface area contributed by atoms with E-state index in [-0.39, 0.29) is 24.3 Å². The topological polar surface area (TPSA) is 109 Å². The fraction of sp³-hybridized carbons (Fsp3) is 0.500. The molecule has 6 heterocycles. The molecule has 11 nitrogen and oxygen atoms in total. The summed E-state index contributed by atoms with van der Waals surface area (Å²) in [6.07, 6.45) is 7.71. The van der Waals surface area contributed by atoms with E-state index >= 15 is 0 Å². The summed E-state index contributed by atoms with van der Waals surface area (Å²) in [6.45, 7) is 5.12. The van der Waals surface area contributed by atoms with Crippen molar-refractivity contribution < 1.29 is 14.4 Å². The molecule has 2 aromatic heterocycles. The molecular weight excluding hydrogens is 520 g/mol. The quantitative estimate of drug-likeness (QED) is 0.512. The number of rotatable bonds is 5. The van der Waals surface area contributed by atoms with Crippen LogP contribution in [0.15, 0.2) is 48.8 Å². The SMILES string of the molecule is O=C(CN1CN(c2ccccc2)C2(CCN(C(=O)c3cnc4[nH]ncc4c3)CC2)C1=O)N1CCC(N2CCCC2)C1. The van der Waals surface area contributed by atoms with Gasteiger partial charge in [0.2, 0.25) is 5.91 Å². The first kappa shape index (κ1) is 25.9. The van der Waals surface area contributed by atoms with Gasteiger partial charge in [0.05, 0.1) is 18.4 Å². The van der Waals surface area contributed by atoms with Crippen molar-refractivity contribution in [3.63, 3.8) is 0 Å². The van der Waals surface area contributed by atoms with Crippen molar-refractivity contribution in [1.82, 2.24) is 34.8 Å². The molecule has 1 atom stereocenters. The summed E-state index contributed by atoms with van der Waals surface area (Å²) in [5.41, 5.74) is 1.33. The largest absolute Gasteiger partial charge is 0.340 e. The molecule has 0 saturated carbocycles. The van der Waals surface area contributed by atoms with Crippen molar-refractivity contribution in [3.05, 3.63) is 54.4 Å². The molecule has 1 spiro atoms. The Hall–Kier alpha value is -3.99. The van der Waals surface area contributed by atoms with Crippen molar-refractivity contribution in [2.75, 3.05) is 57.4 Å². The van der Waals surface area contributed by atoms with Crippen LogP contribution in [-0.2, 0) is 9.59 Å². The Bertz CT molecular complexity index is 1440. The number of H-pyrrole nitrogens is 1. The number of nitrogens with zero attached hydrogens (tertiary/aromatic N) is 7. The van der Waals surface area contributed by atoms with Gasteiger partial charge in [-0.05, 0) is 63.4 Å². The maximum atomic E-state index is 14.1. The molecule has 4 aliphatic rings. The molecule has 0 radical (unpaired) electrons. The molecule has 1 unspecified atom stereocenters. The van der Waals surface area contributed by atoms with Crippen LogP contribution < -0.4 is 4.90 Å². The highest BCUT2D eigenvalue weighted by atomic mass is 16.2. The second-order valence-corrected chi connectivity index (χ2v) is 11.8. The third-order valence-corrected chi connectivity index (χ3v) is 9.50. The zero-order valence-corrected chi connectivity index (χ0v) is 23.2. The van der Waals surface area contributed by atoms with E-state index in [1.165, 1.54) is 12.8 Å². The number of anilines is 1. The second kappa shape index (κ2) is 10.4. The maximum Gasteiger partial charge on any atom is 0.255 e. The van der Waals surface area contributed by atoms with Gasteiger partial charge in [-0.2, -0.15) is 5.10 Å². The van der Waals surface area contributed by atoms with Gasteiger partial charge in [0.25, 0.3) is 11.8 Å². The summed E-state index contributed by atoms with van der Waals surface area (Å²) in [4.78, 5) is 55.4. The number of pyridine rings is 1. The van der Waals surface area contributed by atoms with E-state index in [0.29, 0.717) is 49.9 Å². The van der Waals surface area contributed by atoms with Gasteiger partial charge in [0.1, 0.15) is 12.1 Å². The number of para-hydroxylation sites is 1. The Labute approximate surface area is 239 Å². The standard InChI is InChI=1S/C30H36N8O3/c39-26(36-13-8-25(19-36)34-11-4-5-12-34)20-37-21-38(24-6-2-1-3-7-24)30(29(37)41)9-14-35(15-10-30)28(40)23-16-22-18-32-33-27(22)31-17-23/h1-3,6-7,16-18,25H,4-5,8-15,19-21H2,(H,31,32,33). The minimum atomic E-state index is -0.783. The molecule has 214 valence electrons. The lowest BCUT2D eigenvalue weighted by Gasteiger charge is -2.43. The van der Waals surface area contributed by atoms with Gasteiger partial charge >= 0.3 is 0 Å². The van der Waals surface area contributed by atoms with Crippen LogP contribution in [0.4, 0.5) is 5.69 Å². The molecule has 11 heteroatoms. The lowest BCUT2D eigenvalue weighted by molar-refractivity contribution is -0.140. The molecular formula is C30H36N8O3. The van der Waals surface area contributed by atoms with E-state index in [1.54, 1.807) is 28.3 Å². The zero-order chi connectivity index (χ0) is 28.0. The summed E-state index contributed by atoms with van der Waals surface area (Å²) >= 11 is 0. The number of hydrogen-bond acceptors (Lipinski definition) is 7. The lowest BCUT2D eigenvalue weighted by atomic mass is 9.85. The van der Waals surface area contributed by atoms with Gasteiger partial charge in [0.15, 0.2) is 5.65 Å². The van der Waals surface area contributed by atoms with Crippen molar-refractivity contribution in [2.45, 2.75) is 43.7 Å². The third-order valence-electron chi connectivity index (χ3n) is 9.50. The van der Waals surface area contributed by atoms with Crippen LogP contribution in [0.2, 0.25) is 0 Å². The minimum Gasteiger partial charge on any atom is -0.340 e.